The maximum atomic E-state index is 12.5. The zero-order chi connectivity index (χ0) is 18.4. The van der Waals surface area contributed by atoms with E-state index in [1.54, 1.807) is 11.8 Å². The highest BCUT2D eigenvalue weighted by atomic mass is 32.2. The molecule has 2 aliphatic heterocycles. The van der Waals surface area contributed by atoms with Gasteiger partial charge in [0.15, 0.2) is 0 Å². The summed E-state index contributed by atoms with van der Waals surface area (Å²) in [6, 6.07) is -0.161. The van der Waals surface area contributed by atoms with Crippen LogP contribution in [0.25, 0.3) is 0 Å². The summed E-state index contributed by atoms with van der Waals surface area (Å²) in [6.07, 6.45) is 2.88. The van der Waals surface area contributed by atoms with E-state index < -0.39 is 10.0 Å². The predicted molar refractivity (Wildman–Crippen MR) is 95.6 cm³/mol. The van der Waals surface area contributed by atoms with Gasteiger partial charge in [-0.05, 0) is 39.5 Å². The van der Waals surface area contributed by atoms with E-state index in [2.05, 4.69) is 10.6 Å². The lowest BCUT2D eigenvalue weighted by molar-refractivity contribution is -0.126. The van der Waals surface area contributed by atoms with Crippen LogP contribution < -0.4 is 10.6 Å². The van der Waals surface area contributed by atoms with Gasteiger partial charge >= 0.3 is 6.03 Å². The van der Waals surface area contributed by atoms with Gasteiger partial charge in [-0.2, -0.15) is 0 Å². The van der Waals surface area contributed by atoms with Crippen molar-refractivity contribution in [1.82, 2.24) is 19.8 Å². The topological polar surface area (TPSA) is 98.8 Å². The minimum absolute atomic E-state index is 0.0121. The van der Waals surface area contributed by atoms with Gasteiger partial charge in [-0.15, -0.1) is 0 Å². The lowest BCUT2D eigenvalue weighted by Crippen LogP contribution is -2.53. The average Bonchev–Trinajstić information content (AvgIpc) is 2.62. The fraction of sp³-hybridized carbons (Fsp3) is 0.875. The Morgan fingerprint density at radius 1 is 1.08 bits per heavy atom. The number of carbonyl (C=O) groups is 2. The summed E-state index contributed by atoms with van der Waals surface area (Å²) in [5, 5.41) is 5.82. The van der Waals surface area contributed by atoms with Gasteiger partial charge in [0, 0.05) is 38.8 Å². The quantitative estimate of drug-likeness (QED) is 0.726. The van der Waals surface area contributed by atoms with Crippen molar-refractivity contribution in [2.75, 3.05) is 38.5 Å². The number of carbonyl (C=O) groups excluding carboxylic acids is 2. The van der Waals surface area contributed by atoms with E-state index in [0.29, 0.717) is 45.6 Å². The summed E-state index contributed by atoms with van der Waals surface area (Å²) in [5.41, 5.74) is 0. The highest BCUT2D eigenvalue weighted by molar-refractivity contribution is 7.89. The van der Waals surface area contributed by atoms with Crippen LogP contribution in [0.1, 0.15) is 39.5 Å². The lowest BCUT2D eigenvalue weighted by atomic mass is 9.97. The van der Waals surface area contributed by atoms with Crippen LogP contribution in [-0.2, 0) is 14.8 Å². The maximum absolute atomic E-state index is 12.5. The highest BCUT2D eigenvalue weighted by Gasteiger charge is 2.31. The molecule has 1 atom stereocenters. The lowest BCUT2D eigenvalue weighted by Gasteiger charge is -2.35. The van der Waals surface area contributed by atoms with Crippen molar-refractivity contribution in [3.05, 3.63) is 0 Å². The second-order valence-corrected chi connectivity index (χ2v) is 8.96. The number of urea groups is 1. The molecule has 25 heavy (non-hydrogen) atoms. The van der Waals surface area contributed by atoms with Crippen LogP contribution in [0.4, 0.5) is 4.79 Å². The molecule has 0 aliphatic carbocycles. The third-order valence-electron chi connectivity index (χ3n) is 4.97. The minimum atomic E-state index is -3.15. The van der Waals surface area contributed by atoms with E-state index in [-0.39, 0.29) is 29.7 Å². The monoisotopic (exact) mass is 374 g/mol. The Morgan fingerprint density at radius 3 is 2.36 bits per heavy atom. The summed E-state index contributed by atoms with van der Waals surface area (Å²) in [4.78, 5) is 26.2. The molecule has 2 saturated heterocycles. The molecule has 0 aromatic rings. The van der Waals surface area contributed by atoms with E-state index in [4.69, 9.17) is 0 Å². The average molecular weight is 375 g/mol. The predicted octanol–water partition coefficient (Wildman–Crippen LogP) is 0.358. The standard InChI is InChI=1S/C16H30N4O4S/c1-3-17-15(21)13-6-5-9-19(12-13)16(22)18-14-7-10-20(11-8-14)25(23,24)4-2/h13-14H,3-12H2,1-2H3,(H,17,21)(H,18,22)/t13-/m1/s1. The molecule has 3 amide bonds. The van der Waals surface area contributed by atoms with Crippen molar-refractivity contribution in [2.45, 2.75) is 45.6 Å². The number of amides is 3. The summed E-state index contributed by atoms with van der Waals surface area (Å²) in [7, 11) is -3.15. The molecule has 144 valence electrons. The van der Waals surface area contributed by atoms with Gasteiger partial charge in [0.2, 0.25) is 15.9 Å². The fourth-order valence-corrected chi connectivity index (χ4v) is 4.55. The Kier molecular flexibility index (Phi) is 7.06. The zero-order valence-corrected chi connectivity index (χ0v) is 16.0. The molecule has 2 N–H and O–H groups in total. The summed E-state index contributed by atoms with van der Waals surface area (Å²) < 4.78 is 25.3. The van der Waals surface area contributed by atoms with E-state index in [0.717, 1.165) is 12.8 Å². The number of likely N-dealkylation sites (tertiary alicyclic amines) is 1. The molecule has 0 radical (unpaired) electrons. The van der Waals surface area contributed by atoms with Gasteiger partial charge < -0.3 is 15.5 Å². The number of sulfonamides is 1. The Morgan fingerprint density at radius 2 is 1.76 bits per heavy atom. The number of nitrogens with zero attached hydrogens (tertiary/aromatic N) is 2. The van der Waals surface area contributed by atoms with Crippen LogP contribution in [-0.4, -0.2) is 74.1 Å². The SMILES string of the molecule is CCNC(=O)[C@@H]1CCCN(C(=O)NC2CCN(S(=O)(=O)CC)CC2)C1. The van der Waals surface area contributed by atoms with E-state index >= 15 is 0 Å². The molecule has 0 unspecified atom stereocenters. The third-order valence-corrected chi connectivity index (χ3v) is 6.85. The van der Waals surface area contributed by atoms with Crippen LogP contribution in [0.2, 0.25) is 0 Å². The van der Waals surface area contributed by atoms with E-state index in [1.165, 1.54) is 4.31 Å². The summed E-state index contributed by atoms with van der Waals surface area (Å²) in [6.45, 7) is 6.12. The first-order valence-corrected chi connectivity index (χ1v) is 10.8. The van der Waals surface area contributed by atoms with Crippen molar-refractivity contribution in [3.8, 4) is 0 Å². The molecule has 0 aromatic carbocycles. The maximum Gasteiger partial charge on any atom is 0.317 e. The molecule has 2 aliphatic rings. The molecule has 0 aromatic heterocycles. The molecule has 0 spiro atoms. The molecule has 0 saturated carbocycles. The smallest absolute Gasteiger partial charge is 0.317 e. The molecule has 2 heterocycles. The van der Waals surface area contributed by atoms with Gasteiger partial charge in [-0.1, -0.05) is 0 Å². The number of rotatable bonds is 5. The van der Waals surface area contributed by atoms with Gasteiger partial charge in [-0.3, -0.25) is 4.79 Å². The molecular formula is C16H30N4O4S. The Hall–Kier alpha value is -1.35. The zero-order valence-electron chi connectivity index (χ0n) is 15.2. The van der Waals surface area contributed by atoms with Crippen molar-refractivity contribution < 1.29 is 18.0 Å². The van der Waals surface area contributed by atoms with Gasteiger partial charge in [0.05, 0.1) is 11.7 Å². The van der Waals surface area contributed by atoms with Crippen LogP contribution in [0, 0.1) is 5.92 Å². The first kappa shape index (κ1) is 20.0. The van der Waals surface area contributed by atoms with Crippen LogP contribution in [0.5, 0.6) is 0 Å². The van der Waals surface area contributed by atoms with Crippen LogP contribution in [0.15, 0.2) is 0 Å². The number of hydrogen-bond acceptors (Lipinski definition) is 4. The largest absolute Gasteiger partial charge is 0.356 e. The molecule has 2 fully saturated rings. The normalized spacial score (nSPS) is 23.3. The Balaban J connectivity index is 1.81. The number of piperidine rings is 2. The number of hydrogen-bond donors (Lipinski definition) is 2. The van der Waals surface area contributed by atoms with Crippen LogP contribution in [0.3, 0.4) is 0 Å². The van der Waals surface area contributed by atoms with Gasteiger partial charge in [0.25, 0.3) is 0 Å². The summed E-state index contributed by atoms with van der Waals surface area (Å²) >= 11 is 0. The Bertz CT molecular complexity index is 573. The molecule has 0 bridgehead atoms. The van der Waals surface area contributed by atoms with Crippen LogP contribution >= 0.6 is 0 Å². The second kappa shape index (κ2) is 8.84. The number of nitrogens with one attached hydrogen (secondary N) is 2. The molecule has 9 heteroatoms. The minimum Gasteiger partial charge on any atom is -0.356 e. The third kappa shape index (κ3) is 5.31. The first-order chi connectivity index (χ1) is 11.9. The molecular weight excluding hydrogens is 344 g/mol. The molecule has 8 nitrogen and oxygen atoms in total. The first-order valence-electron chi connectivity index (χ1n) is 9.18. The van der Waals surface area contributed by atoms with Crippen molar-refractivity contribution >= 4 is 22.0 Å². The fourth-order valence-electron chi connectivity index (χ4n) is 3.42. The Labute approximate surface area is 150 Å². The van der Waals surface area contributed by atoms with E-state index in [1.807, 2.05) is 6.92 Å². The van der Waals surface area contributed by atoms with Gasteiger partial charge in [0.1, 0.15) is 0 Å². The van der Waals surface area contributed by atoms with Gasteiger partial charge in [-0.25, -0.2) is 17.5 Å². The molecule has 2 rings (SSSR count). The highest BCUT2D eigenvalue weighted by Crippen LogP contribution is 2.18. The summed E-state index contributed by atoms with van der Waals surface area (Å²) in [5.74, 6) is -0.0204. The van der Waals surface area contributed by atoms with Crippen molar-refractivity contribution in [1.29, 1.82) is 0 Å². The van der Waals surface area contributed by atoms with Crippen molar-refractivity contribution in [3.63, 3.8) is 0 Å². The second-order valence-electron chi connectivity index (χ2n) is 6.70. The van der Waals surface area contributed by atoms with E-state index in [9.17, 15) is 18.0 Å². The van der Waals surface area contributed by atoms with Crippen molar-refractivity contribution in [2.24, 2.45) is 5.92 Å².